The van der Waals surface area contributed by atoms with Crippen molar-refractivity contribution in [2.75, 3.05) is 23.5 Å². The van der Waals surface area contributed by atoms with E-state index in [0.29, 0.717) is 11.9 Å². The fraction of sp³-hybridized carbons (Fsp3) is 0.667. The number of nitrogens with zero attached hydrogens (tertiary/aromatic N) is 3. The van der Waals surface area contributed by atoms with E-state index in [-0.39, 0.29) is 6.10 Å². The highest BCUT2D eigenvalue weighted by Gasteiger charge is 2.25. The van der Waals surface area contributed by atoms with E-state index < -0.39 is 0 Å². The van der Waals surface area contributed by atoms with Gasteiger partial charge < -0.3 is 15.1 Å². The van der Waals surface area contributed by atoms with Crippen LogP contribution in [0.5, 0.6) is 0 Å². The van der Waals surface area contributed by atoms with Gasteiger partial charge in [-0.15, -0.1) is 0 Å². The van der Waals surface area contributed by atoms with E-state index >= 15 is 0 Å². The average Bonchev–Trinajstić information content (AvgIpc) is 2.40. The Bertz CT molecular complexity index is 389. The molecule has 2 heterocycles. The normalized spacial score (nSPS) is 24.1. The van der Waals surface area contributed by atoms with Crippen LogP contribution in [0.25, 0.3) is 0 Å². The Balaban J connectivity index is 2.30. The van der Waals surface area contributed by atoms with Crippen LogP contribution in [0, 0.1) is 0 Å². The zero-order chi connectivity index (χ0) is 13.1. The highest BCUT2D eigenvalue weighted by molar-refractivity contribution is 5.50. The van der Waals surface area contributed by atoms with Gasteiger partial charge in [-0.1, -0.05) is 6.92 Å². The molecular formula is C12H21N5O. The molecule has 2 unspecified atom stereocenters. The fourth-order valence-corrected chi connectivity index (χ4v) is 2.08. The van der Waals surface area contributed by atoms with Gasteiger partial charge in [0.2, 0.25) is 0 Å². The molecule has 6 nitrogen and oxygen atoms in total. The first kappa shape index (κ1) is 13.0. The number of nitrogens with two attached hydrogens (primary N) is 1. The van der Waals surface area contributed by atoms with Gasteiger partial charge in [0.1, 0.15) is 17.5 Å². The summed E-state index contributed by atoms with van der Waals surface area (Å²) in [4.78, 5) is 11.1. The number of morpholine rings is 1. The summed E-state index contributed by atoms with van der Waals surface area (Å²) in [6.45, 7) is 7.80. The Kier molecular flexibility index (Phi) is 3.98. The Morgan fingerprint density at radius 2 is 2.28 bits per heavy atom. The first-order valence-corrected chi connectivity index (χ1v) is 6.36. The van der Waals surface area contributed by atoms with Crippen LogP contribution in [0.4, 0.5) is 11.6 Å². The quantitative estimate of drug-likeness (QED) is 0.615. The van der Waals surface area contributed by atoms with Crippen LogP contribution >= 0.6 is 0 Å². The highest BCUT2D eigenvalue weighted by Crippen LogP contribution is 2.22. The number of nitrogen functional groups attached to an aromatic ring is 1. The topological polar surface area (TPSA) is 76.3 Å². The first-order chi connectivity index (χ1) is 8.63. The second kappa shape index (κ2) is 5.49. The number of hydrazine groups is 1. The summed E-state index contributed by atoms with van der Waals surface area (Å²) >= 11 is 0. The number of hydrogen-bond donors (Lipinski definition) is 2. The lowest BCUT2D eigenvalue weighted by Gasteiger charge is -2.37. The first-order valence-electron chi connectivity index (χ1n) is 6.36. The molecule has 0 amide bonds. The van der Waals surface area contributed by atoms with Crippen LogP contribution in [0.15, 0.2) is 6.07 Å². The van der Waals surface area contributed by atoms with E-state index in [9.17, 15) is 0 Å². The standard InChI is InChI=1S/C12H21N5O/c1-4-10-14-11(16-13)5-12(15-10)17-6-9(3)18-7-8(17)2/h5,8-9H,4,6-7,13H2,1-3H3,(H,14,15,16). The molecule has 0 aliphatic carbocycles. The lowest BCUT2D eigenvalue weighted by molar-refractivity contribution is 0.0340. The Hall–Kier alpha value is -1.40. The van der Waals surface area contributed by atoms with Gasteiger partial charge in [0.05, 0.1) is 18.8 Å². The molecule has 2 rings (SSSR count). The van der Waals surface area contributed by atoms with Crippen molar-refractivity contribution in [1.29, 1.82) is 0 Å². The maximum atomic E-state index is 5.63. The van der Waals surface area contributed by atoms with Gasteiger partial charge in [-0.05, 0) is 13.8 Å². The Morgan fingerprint density at radius 1 is 1.50 bits per heavy atom. The predicted molar refractivity (Wildman–Crippen MR) is 71.4 cm³/mol. The number of nitrogens with one attached hydrogen (secondary N) is 1. The third-order valence-electron chi connectivity index (χ3n) is 3.13. The molecule has 3 N–H and O–H groups in total. The van der Waals surface area contributed by atoms with E-state index in [0.717, 1.165) is 31.2 Å². The number of aromatic nitrogens is 2. The third-order valence-corrected chi connectivity index (χ3v) is 3.13. The molecular weight excluding hydrogens is 230 g/mol. The zero-order valence-corrected chi connectivity index (χ0v) is 11.2. The van der Waals surface area contributed by atoms with E-state index in [2.05, 4.69) is 34.1 Å². The van der Waals surface area contributed by atoms with Crippen molar-refractivity contribution in [1.82, 2.24) is 9.97 Å². The van der Waals surface area contributed by atoms with E-state index in [1.807, 2.05) is 13.0 Å². The largest absolute Gasteiger partial charge is 0.375 e. The zero-order valence-electron chi connectivity index (χ0n) is 11.2. The molecule has 0 radical (unpaired) electrons. The molecule has 1 aliphatic rings. The molecule has 1 aliphatic heterocycles. The van der Waals surface area contributed by atoms with Gasteiger partial charge >= 0.3 is 0 Å². The summed E-state index contributed by atoms with van der Waals surface area (Å²) in [5, 5.41) is 0. The predicted octanol–water partition coefficient (Wildman–Crippen LogP) is 0.938. The fourth-order valence-electron chi connectivity index (χ4n) is 2.08. The summed E-state index contributed by atoms with van der Waals surface area (Å²) < 4.78 is 5.63. The summed E-state index contributed by atoms with van der Waals surface area (Å²) in [6.07, 6.45) is 1.01. The molecule has 0 spiro atoms. The van der Waals surface area contributed by atoms with Gasteiger partial charge in [-0.2, -0.15) is 0 Å². The molecule has 1 fully saturated rings. The van der Waals surface area contributed by atoms with Gasteiger partial charge in [0.15, 0.2) is 0 Å². The van der Waals surface area contributed by atoms with Crippen LogP contribution in [-0.4, -0.2) is 35.3 Å². The Labute approximate surface area is 108 Å². The molecule has 6 heteroatoms. The average molecular weight is 251 g/mol. The number of hydrogen-bond acceptors (Lipinski definition) is 6. The minimum absolute atomic E-state index is 0.218. The lowest BCUT2D eigenvalue weighted by atomic mass is 10.2. The number of aryl methyl sites for hydroxylation is 1. The van der Waals surface area contributed by atoms with Crippen molar-refractivity contribution in [2.24, 2.45) is 5.84 Å². The van der Waals surface area contributed by atoms with Crippen molar-refractivity contribution >= 4 is 11.6 Å². The maximum Gasteiger partial charge on any atom is 0.145 e. The molecule has 0 saturated carbocycles. The third kappa shape index (κ3) is 2.70. The summed E-state index contributed by atoms with van der Waals surface area (Å²) in [5.74, 6) is 7.82. The smallest absolute Gasteiger partial charge is 0.145 e. The monoisotopic (exact) mass is 251 g/mol. The van der Waals surface area contributed by atoms with Crippen LogP contribution in [-0.2, 0) is 11.2 Å². The van der Waals surface area contributed by atoms with Crippen molar-refractivity contribution in [3.63, 3.8) is 0 Å². The second-order valence-corrected chi connectivity index (χ2v) is 4.67. The van der Waals surface area contributed by atoms with Crippen LogP contribution in [0.2, 0.25) is 0 Å². The SMILES string of the molecule is CCc1nc(NN)cc(N2CC(C)OCC2C)n1. The number of ether oxygens (including phenoxy) is 1. The number of anilines is 2. The van der Waals surface area contributed by atoms with Crippen LogP contribution in [0.3, 0.4) is 0 Å². The molecule has 0 aromatic carbocycles. The molecule has 2 atom stereocenters. The minimum atomic E-state index is 0.218. The number of rotatable bonds is 3. The van der Waals surface area contributed by atoms with Crippen molar-refractivity contribution in [3.05, 3.63) is 11.9 Å². The van der Waals surface area contributed by atoms with Crippen molar-refractivity contribution in [3.8, 4) is 0 Å². The van der Waals surface area contributed by atoms with Crippen molar-refractivity contribution in [2.45, 2.75) is 39.3 Å². The van der Waals surface area contributed by atoms with E-state index in [4.69, 9.17) is 10.6 Å². The summed E-state index contributed by atoms with van der Waals surface area (Å²) in [6, 6.07) is 2.19. The van der Waals surface area contributed by atoms with Crippen molar-refractivity contribution < 1.29 is 4.74 Å². The molecule has 0 bridgehead atoms. The molecule has 1 aromatic rings. The van der Waals surface area contributed by atoms with Gasteiger partial charge in [-0.25, -0.2) is 15.8 Å². The molecule has 1 aromatic heterocycles. The Morgan fingerprint density at radius 3 is 2.94 bits per heavy atom. The highest BCUT2D eigenvalue weighted by atomic mass is 16.5. The molecule has 18 heavy (non-hydrogen) atoms. The van der Waals surface area contributed by atoms with Crippen LogP contribution in [0.1, 0.15) is 26.6 Å². The minimum Gasteiger partial charge on any atom is -0.375 e. The van der Waals surface area contributed by atoms with Gasteiger partial charge in [0, 0.05) is 19.0 Å². The van der Waals surface area contributed by atoms with E-state index in [1.54, 1.807) is 0 Å². The van der Waals surface area contributed by atoms with Crippen LogP contribution < -0.4 is 16.2 Å². The van der Waals surface area contributed by atoms with Gasteiger partial charge in [-0.3, -0.25) is 0 Å². The molecule has 100 valence electrons. The summed E-state index contributed by atoms with van der Waals surface area (Å²) in [5.41, 5.74) is 2.60. The van der Waals surface area contributed by atoms with E-state index in [1.165, 1.54) is 0 Å². The van der Waals surface area contributed by atoms with Gasteiger partial charge in [0.25, 0.3) is 0 Å². The lowest BCUT2D eigenvalue weighted by Crippen LogP contribution is -2.48. The maximum absolute atomic E-state index is 5.63. The molecule has 1 saturated heterocycles. The second-order valence-electron chi connectivity index (χ2n) is 4.67. The summed E-state index contributed by atoms with van der Waals surface area (Å²) in [7, 11) is 0.